The van der Waals surface area contributed by atoms with E-state index in [1.165, 1.54) is 18.7 Å². The van der Waals surface area contributed by atoms with Crippen LogP contribution in [0.4, 0.5) is 5.82 Å². The molecule has 2 atom stereocenters. The van der Waals surface area contributed by atoms with E-state index in [0.29, 0.717) is 61.8 Å². The zero-order chi connectivity index (χ0) is 28.9. The lowest BCUT2D eigenvalue weighted by Gasteiger charge is -2.43. The molecule has 1 amide bonds. The standard InChI is InChI=1S/C30H42N4O5S/c1-4-39-18-30(11-6-5-7-12-30)33-28(36)21-16-34(17-21)24-15-19(2)25-26(32-24)22(20(3)40-14-13-31)9-8-10-23(27(25)35)29(37)38/h10,13-15,20-22H,4-9,11-12,16-18,31H2,1-3H3,(H,33,36)(H,37,38)/b14-13-,23-10+/t20?,22-/m0/s1. The molecule has 0 bridgehead atoms. The van der Waals surface area contributed by atoms with Gasteiger partial charge in [-0.3, -0.25) is 9.59 Å². The summed E-state index contributed by atoms with van der Waals surface area (Å²) in [6, 6.07) is 1.85. The Morgan fingerprint density at radius 2 is 2.05 bits per heavy atom. The van der Waals surface area contributed by atoms with Crippen molar-refractivity contribution >= 4 is 35.2 Å². The normalized spacial score (nSPS) is 23.4. The van der Waals surface area contributed by atoms with Crippen LogP contribution in [0.5, 0.6) is 0 Å². The lowest BCUT2D eigenvalue weighted by atomic mass is 9.81. The van der Waals surface area contributed by atoms with E-state index in [-0.39, 0.29) is 34.1 Å². The van der Waals surface area contributed by atoms with Gasteiger partial charge >= 0.3 is 5.97 Å². The van der Waals surface area contributed by atoms with Crippen LogP contribution in [0.3, 0.4) is 0 Å². The first-order valence-electron chi connectivity index (χ1n) is 14.4. The van der Waals surface area contributed by atoms with Crippen molar-refractivity contribution in [3.8, 4) is 0 Å². The second kappa shape index (κ2) is 13.2. The van der Waals surface area contributed by atoms with Gasteiger partial charge in [-0.2, -0.15) is 0 Å². The molecule has 218 valence electrons. The second-order valence-electron chi connectivity index (χ2n) is 11.2. The first kappa shape index (κ1) is 30.1. The number of carboxylic acids is 1. The van der Waals surface area contributed by atoms with Crippen LogP contribution in [0.25, 0.3) is 0 Å². The number of amides is 1. The summed E-state index contributed by atoms with van der Waals surface area (Å²) in [5.74, 6) is -1.16. The summed E-state index contributed by atoms with van der Waals surface area (Å²) >= 11 is 1.57. The van der Waals surface area contributed by atoms with Crippen molar-refractivity contribution in [2.24, 2.45) is 11.7 Å². The number of nitrogens with two attached hydrogens (primary N) is 1. The fourth-order valence-corrected chi connectivity index (χ4v) is 6.90. The van der Waals surface area contributed by atoms with Crippen LogP contribution in [0.15, 0.2) is 29.3 Å². The Morgan fingerprint density at radius 3 is 2.70 bits per heavy atom. The van der Waals surface area contributed by atoms with Gasteiger partial charge < -0.3 is 25.8 Å². The number of carbonyl (C=O) groups is 3. The number of carboxylic acid groups (broad SMARTS) is 1. The molecule has 1 saturated carbocycles. The molecular formula is C30H42N4O5S. The fourth-order valence-electron chi connectivity index (χ4n) is 6.11. The van der Waals surface area contributed by atoms with E-state index in [2.05, 4.69) is 17.1 Å². The summed E-state index contributed by atoms with van der Waals surface area (Å²) in [7, 11) is 0. The highest BCUT2D eigenvalue weighted by Gasteiger charge is 2.41. The zero-order valence-electron chi connectivity index (χ0n) is 23.8. The van der Waals surface area contributed by atoms with Gasteiger partial charge in [0, 0.05) is 42.6 Å². The Morgan fingerprint density at radius 1 is 1.32 bits per heavy atom. The fraction of sp³-hybridized carbons (Fsp3) is 0.600. The molecule has 9 nitrogen and oxygen atoms in total. The van der Waals surface area contributed by atoms with Crippen LogP contribution in [0.1, 0.15) is 86.3 Å². The average molecular weight is 571 g/mol. The van der Waals surface area contributed by atoms with Gasteiger partial charge in [-0.25, -0.2) is 9.78 Å². The van der Waals surface area contributed by atoms with Gasteiger partial charge in [-0.05, 0) is 56.6 Å². The summed E-state index contributed by atoms with van der Waals surface area (Å²) < 4.78 is 5.75. The quantitative estimate of drug-likeness (QED) is 0.352. The first-order chi connectivity index (χ1) is 19.2. The van der Waals surface area contributed by atoms with Crippen molar-refractivity contribution in [2.75, 3.05) is 31.2 Å². The minimum absolute atomic E-state index is 0.0590. The lowest BCUT2D eigenvalue weighted by molar-refractivity contribution is -0.132. The Hall–Kier alpha value is -2.85. The molecule has 4 rings (SSSR count). The van der Waals surface area contributed by atoms with Crippen molar-refractivity contribution in [1.29, 1.82) is 0 Å². The highest BCUT2D eigenvalue weighted by atomic mass is 32.2. The predicted octanol–water partition coefficient (Wildman–Crippen LogP) is 4.30. The van der Waals surface area contributed by atoms with E-state index in [9.17, 15) is 19.5 Å². The highest BCUT2D eigenvalue weighted by molar-refractivity contribution is 8.02. The molecule has 4 N–H and O–H groups in total. The van der Waals surface area contributed by atoms with E-state index in [4.69, 9.17) is 15.5 Å². The number of pyridine rings is 1. The number of Topliss-reactive ketones (excluding diaryl/α,β-unsaturated/α-hetero) is 1. The number of aryl methyl sites for hydroxylation is 1. The maximum atomic E-state index is 13.4. The third-order valence-corrected chi connectivity index (χ3v) is 9.48. The van der Waals surface area contributed by atoms with Gasteiger partial charge in [0.1, 0.15) is 11.4 Å². The monoisotopic (exact) mass is 570 g/mol. The molecule has 1 aromatic heterocycles. The van der Waals surface area contributed by atoms with Crippen molar-refractivity contribution in [1.82, 2.24) is 10.3 Å². The number of nitrogens with one attached hydrogen (secondary N) is 1. The van der Waals surface area contributed by atoms with Gasteiger partial charge in [0.15, 0.2) is 0 Å². The topological polar surface area (TPSA) is 135 Å². The summed E-state index contributed by atoms with van der Waals surface area (Å²) in [6.07, 6.45) is 9.42. The molecule has 1 unspecified atom stereocenters. The van der Waals surface area contributed by atoms with E-state index in [1.54, 1.807) is 11.8 Å². The Kier molecular flexibility index (Phi) is 9.94. The Balaban J connectivity index is 1.56. The number of rotatable bonds is 10. The summed E-state index contributed by atoms with van der Waals surface area (Å²) in [5, 5.41) is 14.9. The van der Waals surface area contributed by atoms with Crippen molar-refractivity contribution in [2.45, 2.75) is 82.4 Å². The summed E-state index contributed by atoms with van der Waals surface area (Å²) in [6.45, 7) is 8.15. The van der Waals surface area contributed by atoms with E-state index >= 15 is 0 Å². The molecule has 1 aliphatic heterocycles. The number of ketones is 1. The second-order valence-corrected chi connectivity index (χ2v) is 12.5. The molecule has 40 heavy (non-hydrogen) atoms. The Labute approximate surface area is 241 Å². The number of hydrogen-bond donors (Lipinski definition) is 3. The lowest BCUT2D eigenvalue weighted by Crippen LogP contribution is -2.60. The SMILES string of the molecule is CCOCC1(NC(=O)C2CN(c3cc(C)c4c(n3)[C@H](C(C)S/C=C\N)CC/C=C(/C(=O)O)C4=O)C2)CCCCC1. The van der Waals surface area contributed by atoms with E-state index < -0.39 is 11.8 Å². The molecule has 0 spiro atoms. The number of anilines is 1. The molecular weight excluding hydrogens is 528 g/mol. The van der Waals surface area contributed by atoms with Crippen molar-refractivity contribution in [3.63, 3.8) is 0 Å². The van der Waals surface area contributed by atoms with Gasteiger partial charge in [0.2, 0.25) is 11.7 Å². The Bertz CT molecular complexity index is 1170. The van der Waals surface area contributed by atoms with Crippen LogP contribution < -0.4 is 16.0 Å². The van der Waals surface area contributed by atoms with Gasteiger partial charge in [-0.15, -0.1) is 11.8 Å². The minimum Gasteiger partial charge on any atom is -0.478 e. The maximum Gasteiger partial charge on any atom is 0.339 e. The van der Waals surface area contributed by atoms with Crippen LogP contribution in [-0.4, -0.2) is 64.8 Å². The molecule has 2 heterocycles. The van der Waals surface area contributed by atoms with E-state index in [0.717, 1.165) is 25.7 Å². The number of fused-ring (bicyclic) bond motifs is 1. The van der Waals surface area contributed by atoms with Crippen LogP contribution in [0.2, 0.25) is 0 Å². The van der Waals surface area contributed by atoms with Crippen LogP contribution in [0, 0.1) is 12.8 Å². The minimum atomic E-state index is -1.22. The predicted molar refractivity (Wildman–Crippen MR) is 158 cm³/mol. The maximum absolute atomic E-state index is 13.4. The number of allylic oxidation sites excluding steroid dienone is 1. The highest BCUT2D eigenvalue weighted by Crippen LogP contribution is 2.39. The molecule has 1 aromatic rings. The average Bonchev–Trinajstić information content (AvgIpc) is 2.88. The van der Waals surface area contributed by atoms with Gasteiger partial charge in [0.25, 0.3) is 0 Å². The molecule has 0 aromatic carbocycles. The van der Waals surface area contributed by atoms with Gasteiger partial charge in [-0.1, -0.05) is 32.3 Å². The third-order valence-electron chi connectivity index (χ3n) is 8.41. The molecule has 2 aliphatic carbocycles. The molecule has 10 heteroatoms. The largest absolute Gasteiger partial charge is 0.478 e. The first-order valence-corrected chi connectivity index (χ1v) is 15.3. The number of carbonyl (C=O) groups excluding carboxylic acids is 2. The smallest absolute Gasteiger partial charge is 0.339 e. The molecule has 2 fully saturated rings. The zero-order valence-corrected chi connectivity index (χ0v) is 24.6. The van der Waals surface area contributed by atoms with Crippen molar-refractivity contribution < 1.29 is 24.2 Å². The molecule has 3 aliphatic rings. The third kappa shape index (κ3) is 6.54. The number of aromatic nitrogens is 1. The summed E-state index contributed by atoms with van der Waals surface area (Å²) in [4.78, 5) is 45.6. The number of thioether (sulfide) groups is 1. The number of aliphatic carboxylic acids is 1. The molecule has 0 radical (unpaired) electrons. The summed E-state index contributed by atoms with van der Waals surface area (Å²) in [5.41, 5.74) is 6.79. The number of nitrogens with zero attached hydrogens (tertiary/aromatic N) is 2. The van der Waals surface area contributed by atoms with Crippen LogP contribution >= 0.6 is 11.8 Å². The van der Waals surface area contributed by atoms with Crippen LogP contribution in [-0.2, 0) is 14.3 Å². The van der Waals surface area contributed by atoms with Crippen molar-refractivity contribution in [3.05, 3.63) is 46.1 Å². The van der Waals surface area contributed by atoms with Gasteiger partial charge in [0.05, 0.1) is 23.8 Å². The molecule has 1 saturated heterocycles. The number of hydrogen-bond acceptors (Lipinski definition) is 8. The number of ether oxygens (including phenoxy) is 1. The van der Waals surface area contributed by atoms with E-state index in [1.807, 2.05) is 25.3 Å².